The maximum Gasteiger partial charge on any atom is 0.408 e. The van der Waals surface area contributed by atoms with Crippen molar-refractivity contribution in [2.24, 2.45) is 0 Å². The van der Waals surface area contributed by atoms with E-state index >= 15 is 0 Å². The molecule has 0 saturated carbocycles. The van der Waals surface area contributed by atoms with Crippen LogP contribution in [0.15, 0.2) is 41.2 Å². The van der Waals surface area contributed by atoms with E-state index in [-0.39, 0.29) is 27.5 Å². The van der Waals surface area contributed by atoms with E-state index < -0.39 is 29.1 Å². The minimum atomic E-state index is -0.792. The van der Waals surface area contributed by atoms with Crippen LogP contribution >= 0.6 is 11.6 Å². The molecule has 1 N–H and O–H groups in total. The van der Waals surface area contributed by atoms with Gasteiger partial charge in [-0.2, -0.15) is 5.26 Å². The summed E-state index contributed by atoms with van der Waals surface area (Å²) in [5.74, 6) is -0.570. The number of nitriles is 1. The second-order valence-electron chi connectivity index (χ2n) is 7.92. The summed E-state index contributed by atoms with van der Waals surface area (Å²) >= 11 is 6.23. The summed E-state index contributed by atoms with van der Waals surface area (Å²) in [6.07, 6.45) is -0.705. The van der Waals surface area contributed by atoms with Crippen molar-refractivity contribution in [1.82, 2.24) is 14.9 Å². The second-order valence-corrected chi connectivity index (χ2v) is 8.33. The number of carbonyl (C=O) groups is 1. The highest BCUT2D eigenvalue weighted by Gasteiger charge is 2.23. The number of aromatic nitrogens is 2. The molecule has 31 heavy (non-hydrogen) atoms. The van der Waals surface area contributed by atoms with Gasteiger partial charge >= 0.3 is 6.09 Å². The van der Waals surface area contributed by atoms with Gasteiger partial charge < -0.3 is 10.1 Å². The van der Waals surface area contributed by atoms with Crippen molar-refractivity contribution in [1.29, 1.82) is 5.26 Å². The molecule has 3 rings (SSSR count). The average molecular weight is 443 g/mol. The highest BCUT2D eigenvalue weighted by atomic mass is 35.5. The number of hydrogen-bond acceptors (Lipinski definition) is 5. The number of rotatable bonds is 3. The van der Waals surface area contributed by atoms with Crippen molar-refractivity contribution in [3.05, 3.63) is 69.0 Å². The molecule has 7 nitrogen and oxygen atoms in total. The number of halogens is 2. The van der Waals surface area contributed by atoms with E-state index in [0.717, 1.165) is 16.7 Å². The number of hydrogen-bond donors (Lipinski definition) is 1. The Balaban J connectivity index is 2.24. The van der Waals surface area contributed by atoms with Crippen LogP contribution in [0.4, 0.5) is 9.18 Å². The molecular formula is C22H20ClFN4O3. The highest BCUT2D eigenvalue weighted by Crippen LogP contribution is 2.24. The molecule has 160 valence electrons. The maximum absolute atomic E-state index is 14.2. The van der Waals surface area contributed by atoms with Gasteiger partial charge in [-0.15, -0.1) is 0 Å². The van der Waals surface area contributed by atoms with Crippen molar-refractivity contribution < 1.29 is 13.9 Å². The van der Waals surface area contributed by atoms with E-state index in [1.165, 1.54) is 6.07 Å². The molecule has 0 aliphatic carbocycles. The van der Waals surface area contributed by atoms with Crippen molar-refractivity contribution in [3.8, 4) is 11.8 Å². The number of nitrogens with one attached hydrogen (secondary N) is 1. The normalized spacial score (nSPS) is 12.3. The zero-order valence-corrected chi connectivity index (χ0v) is 18.1. The lowest BCUT2D eigenvalue weighted by molar-refractivity contribution is 0.0505. The van der Waals surface area contributed by atoms with Gasteiger partial charge in [0.05, 0.1) is 39.3 Å². The summed E-state index contributed by atoms with van der Waals surface area (Å²) in [7, 11) is 0. The summed E-state index contributed by atoms with van der Waals surface area (Å²) in [6, 6.07) is 9.40. The SMILES string of the molecule is C[C@H](NC(=O)OC(C)(C)C)c1nc2cccc(Cl)c2c(=O)n1-c1cc(F)cc(C#N)c1. The summed E-state index contributed by atoms with van der Waals surface area (Å²) < 4.78 is 20.6. The minimum Gasteiger partial charge on any atom is -0.444 e. The van der Waals surface area contributed by atoms with Gasteiger partial charge in [0, 0.05) is 0 Å². The van der Waals surface area contributed by atoms with Crippen LogP contribution in [0.5, 0.6) is 0 Å². The summed E-state index contributed by atoms with van der Waals surface area (Å²) in [6.45, 7) is 6.78. The molecular weight excluding hydrogens is 423 g/mol. The number of benzene rings is 2. The third-order valence-electron chi connectivity index (χ3n) is 4.26. The Morgan fingerprint density at radius 3 is 2.68 bits per heavy atom. The topological polar surface area (TPSA) is 97.0 Å². The van der Waals surface area contributed by atoms with E-state index in [4.69, 9.17) is 16.3 Å². The van der Waals surface area contributed by atoms with Crippen molar-refractivity contribution in [2.75, 3.05) is 0 Å². The molecule has 0 aliphatic rings. The van der Waals surface area contributed by atoms with Crippen LogP contribution in [0.3, 0.4) is 0 Å². The number of carbonyl (C=O) groups excluding carboxylic acids is 1. The van der Waals surface area contributed by atoms with Crippen LogP contribution in [0.25, 0.3) is 16.6 Å². The summed E-state index contributed by atoms with van der Waals surface area (Å²) in [4.78, 5) is 30.2. The molecule has 0 spiro atoms. The fourth-order valence-electron chi connectivity index (χ4n) is 3.06. The molecule has 0 bridgehead atoms. The van der Waals surface area contributed by atoms with E-state index in [1.807, 2.05) is 6.07 Å². The Bertz CT molecular complexity index is 1270. The third-order valence-corrected chi connectivity index (χ3v) is 4.58. The lowest BCUT2D eigenvalue weighted by Gasteiger charge is -2.23. The van der Waals surface area contributed by atoms with E-state index in [9.17, 15) is 19.2 Å². The molecule has 0 saturated heterocycles. The molecule has 1 amide bonds. The van der Waals surface area contributed by atoms with Crippen LogP contribution in [-0.4, -0.2) is 21.2 Å². The fourth-order valence-corrected chi connectivity index (χ4v) is 3.31. The number of alkyl carbamates (subject to hydrolysis) is 1. The molecule has 1 aromatic heterocycles. The Labute approximate surface area is 183 Å². The summed E-state index contributed by atoms with van der Waals surface area (Å²) in [5, 5.41) is 12.2. The van der Waals surface area contributed by atoms with Crippen molar-refractivity contribution >= 4 is 28.6 Å². The molecule has 0 radical (unpaired) electrons. The van der Waals surface area contributed by atoms with Crippen molar-refractivity contribution in [3.63, 3.8) is 0 Å². The quantitative estimate of drug-likeness (QED) is 0.637. The number of fused-ring (bicyclic) bond motifs is 1. The first-order valence-corrected chi connectivity index (χ1v) is 9.79. The van der Waals surface area contributed by atoms with Crippen molar-refractivity contribution in [2.45, 2.75) is 39.3 Å². The largest absolute Gasteiger partial charge is 0.444 e. The molecule has 1 heterocycles. The van der Waals surface area contributed by atoms with Gasteiger partial charge in [0.2, 0.25) is 0 Å². The van der Waals surface area contributed by atoms with Crippen LogP contribution < -0.4 is 10.9 Å². The maximum atomic E-state index is 14.2. The first kappa shape index (κ1) is 22.2. The van der Waals surface area contributed by atoms with E-state index in [2.05, 4.69) is 10.3 Å². The number of ether oxygens (including phenoxy) is 1. The smallest absolute Gasteiger partial charge is 0.408 e. The first-order chi connectivity index (χ1) is 14.5. The van der Waals surface area contributed by atoms with Gasteiger partial charge in [0.25, 0.3) is 5.56 Å². The molecule has 2 aromatic carbocycles. The molecule has 1 atom stereocenters. The lowest BCUT2D eigenvalue weighted by atomic mass is 10.1. The molecule has 9 heteroatoms. The zero-order valence-electron chi connectivity index (χ0n) is 17.4. The Kier molecular flexibility index (Phi) is 6.00. The van der Waals surface area contributed by atoms with Gasteiger partial charge in [0.15, 0.2) is 0 Å². The minimum absolute atomic E-state index is 0.0276. The van der Waals surface area contributed by atoms with Gasteiger partial charge in [-0.1, -0.05) is 17.7 Å². The summed E-state index contributed by atoms with van der Waals surface area (Å²) in [5.41, 5.74) is -0.849. The highest BCUT2D eigenvalue weighted by molar-refractivity contribution is 6.35. The zero-order chi connectivity index (χ0) is 22.9. The van der Waals surface area contributed by atoms with Crippen LogP contribution in [0.1, 0.15) is 45.1 Å². The van der Waals surface area contributed by atoms with Crippen LogP contribution in [0.2, 0.25) is 5.02 Å². The average Bonchev–Trinajstić information content (AvgIpc) is 2.65. The Hall–Kier alpha value is -3.44. The predicted molar refractivity (Wildman–Crippen MR) is 115 cm³/mol. The third kappa shape index (κ3) is 4.84. The fraction of sp³-hybridized carbons (Fsp3) is 0.273. The van der Waals surface area contributed by atoms with Crippen LogP contribution in [0, 0.1) is 17.1 Å². The first-order valence-electron chi connectivity index (χ1n) is 9.42. The van der Waals surface area contributed by atoms with Gasteiger partial charge in [-0.05, 0) is 58.0 Å². The molecule has 3 aromatic rings. The predicted octanol–water partition coefficient (Wildman–Crippen LogP) is 4.64. The van der Waals surface area contributed by atoms with E-state index in [1.54, 1.807) is 45.9 Å². The second kappa shape index (κ2) is 8.36. The number of amides is 1. The monoisotopic (exact) mass is 442 g/mol. The Morgan fingerprint density at radius 1 is 1.32 bits per heavy atom. The van der Waals surface area contributed by atoms with Crippen LogP contribution in [-0.2, 0) is 4.74 Å². The van der Waals surface area contributed by atoms with E-state index in [0.29, 0.717) is 5.52 Å². The Morgan fingerprint density at radius 2 is 2.03 bits per heavy atom. The van der Waals surface area contributed by atoms with Gasteiger partial charge in [0.1, 0.15) is 17.2 Å². The molecule has 0 unspecified atom stereocenters. The van der Waals surface area contributed by atoms with Gasteiger partial charge in [-0.3, -0.25) is 9.36 Å². The standard InChI is InChI=1S/C22H20ClFN4O3/c1-12(26-21(30)31-22(2,3)4)19-27-17-7-5-6-16(23)18(17)20(29)28(19)15-9-13(11-25)8-14(24)10-15/h5-10,12H,1-4H3,(H,26,30)/t12-/m0/s1. The lowest BCUT2D eigenvalue weighted by Crippen LogP contribution is -2.37. The molecule has 0 fully saturated rings. The number of nitrogens with zero attached hydrogens (tertiary/aromatic N) is 3. The van der Waals surface area contributed by atoms with Gasteiger partial charge in [-0.25, -0.2) is 14.2 Å². The molecule has 0 aliphatic heterocycles.